The number of aromatic hydroxyl groups is 1. The van der Waals surface area contributed by atoms with E-state index in [2.05, 4.69) is 0 Å². The Morgan fingerprint density at radius 2 is 1.92 bits per heavy atom. The molecule has 0 bridgehead atoms. The van der Waals surface area contributed by atoms with E-state index < -0.39 is 11.8 Å². The summed E-state index contributed by atoms with van der Waals surface area (Å²) in [7, 11) is 1.48. The summed E-state index contributed by atoms with van der Waals surface area (Å²) in [6.07, 6.45) is 0.0698. The van der Waals surface area contributed by atoms with Crippen molar-refractivity contribution in [1.82, 2.24) is 0 Å². The second-order valence-electron chi connectivity index (χ2n) is 5.84. The van der Waals surface area contributed by atoms with Crippen LogP contribution in [0.2, 0.25) is 0 Å². The van der Waals surface area contributed by atoms with E-state index in [0.717, 1.165) is 5.56 Å². The summed E-state index contributed by atoms with van der Waals surface area (Å²) >= 11 is 0. The molecule has 2 unspecified atom stereocenters. The number of phenolic OH excluding ortho intramolecular Hbond substituents is 1. The normalized spacial score (nSPS) is 24.2. The lowest BCUT2D eigenvalue weighted by Crippen LogP contribution is -2.49. The predicted octanol–water partition coefficient (Wildman–Crippen LogP) is 1.65. The molecule has 2 heterocycles. The number of phenols is 1. The van der Waals surface area contributed by atoms with Gasteiger partial charge >= 0.3 is 0 Å². The quantitative estimate of drug-likeness (QED) is 0.719. The molecular formula is C17H17NO6. The van der Waals surface area contributed by atoms with Gasteiger partial charge in [0, 0.05) is 29.5 Å². The Bertz CT molecular complexity index is 804. The van der Waals surface area contributed by atoms with E-state index in [9.17, 15) is 10.2 Å². The molecule has 2 aliphatic heterocycles. The van der Waals surface area contributed by atoms with Gasteiger partial charge < -0.3 is 29.2 Å². The zero-order chi connectivity index (χ0) is 16.9. The zero-order valence-corrected chi connectivity index (χ0v) is 13.0. The van der Waals surface area contributed by atoms with Gasteiger partial charge in [-0.3, -0.25) is 5.73 Å². The number of aliphatic hydroxyl groups is 1. The molecule has 0 amide bonds. The van der Waals surface area contributed by atoms with Gasteiger partial charge in [-0.05, 0) is 12.1 Å². The summed E-state index contributed by atoms with van der Waals surface area (Å²) in [6, 6.07) is 8.62. The summed E-state index contributed by atoms with van der Waals surface area (Å²) in [5.74, 6) is -0.391. The number of para-hydroxylation sites is 1. The first-order valence-corrected chi connectivity index (χ1v) is 7.48. The molecule has 0 spiro atoms. The number of ether oxygens (including phenoxy) is 4. The Morgan fingerprint density at radius 3 is 2.67 bits per heavy atom. The van der Waals surface area contributed by atoms with Crippen molar-refractivity contribution < 1.29 is 29.2 Å². The number of benzene rings is 2. The van der Waals surface area contributed by atoms with Gasteiger partial charge in [0.25, 0.3) is 5.91 Å². The molecule has 0 aromatic heterocycles. The largest absolute Gasteiger partial charge is 0.504 e. The molecule has 4 N–H and O–H groups in total. The summed E-state index contributed by atoms with van der Waals surface area (Å²) in [6.45, 7) is 0.125. The highest BCUT2D eigenvalue weighted by Gasteiger charge is 2.40. The smallest absolute Gasteiger partial charge is 0.266 e. The average molecular weight is 331 g/mol. The average Bonchev–Trinajstić information content (AvgIpc) is 2.99. The first-order chi connectivity index (χ1) is 11.5. The minimum Gasteiger partial charge on any atom is -0.504 e. The molecule has 2 aromatic rings. The number of rotatable bonds is 2. The van der Waals surface area contributed by atoms with Crippen LogP contribution in [0.5, 0.6) is 28.7 Å². The van der Waals surface area contributed by atoms with Crippen molar-refractivity contribution in [2.75, 3.05) is 13.9 Å². The molecule has 0 saturated heterocycles. The highest BCUT2D eigenvalue weighted by Crippen LogP contribution is 2.50. The van der Waals surface area contributed by atoms with Crippen LogP contribution in [0, 0.1) is 0 Å². The van der Waals surface area contributed by atoms with E-state index in [1.54, 1.807) is 30.3 Å². The maximum atomic E-state index is 10.5. The third-order valence-electron chi connectivity index (χ3n) is 4.29. The Hall–Kier alpha value is -2.64. The van der Waals surface area contributed by atoms with Crippen LogP contribution < -0.4 is 24.7 Å². The van der Waals surface area contributed by atoms with Crippen molar-refractivity contribution in [3.8, 4) is 28.7 Å². The highest BCUT2D eigenvalue weighted by molar-refractivity contribution is 5.58. The van der Waals surface area contributed by atoms with E-state index in [-0.39, 0.29) is 19.0 Å². The fourth-order valence-electron chi connectivity index (χ4n) is 3.20. The standard InChI is InChI=1S/C17H17NO6/c1-21-12-4-2-3-9(16(12)19)11-7-17(18,20)24-13-6-15-14(5-10(11)13)22-8-23-15/h2-6,11,19-20H,7-8,18H2,1H3. The molecule has 126 valence electrons. The van der Waals surface area contributed by atoms with E-state index in [0.29, 0.717) is 28.6 Å². The molecule has 4 rings (SSSR count). The van der Waals surface area contributed by atoms with Crippen molar-refractivity contribution in [2.24, 2.45) is 5.73 Å². The van der Waals surface area contributed by atoms with E-state index in [1.807, 2.05) is 0 Å². The first kappa shape index (κ1) is 14.9. The van der Waals surface area contributed by atoms with Gasteiger partial charge in [-0.15, -0.1) is 0 Å². The van der Waals surface area contributed by atoms with E-state index in [1.165, 1.54) is 7.11 Å². The second-order valence-corrected chi connectivity index (χ2v) is 5.84. The van der Waals surface area contributed by atoms with Crippen molar-refractivity contribution in [3.63, 3.8) is 0 Å². The lowest BCUT2D eigenvalue weighted by Gasteiger charge is -2.36. The van der Waals surface area contributed by atoms with Gasteiger partial charge in [0.05, 0.1) is 7.11 Å². The van der Waals surface area contributed by atoms with Crippen LogP contribution >= 0.6 is 0 Å². The molecule has 0 saturated carbocycles. The van der Waals surface area contributed by atoms with Crippen molar-refractivity contribution in [2.45, 2.75) is 18.2 Å². The molecule has 2 atom stereocenters. The molecule has 0 aliphatic carbocycles. The van der Waals surface area contributed by atoms with Crippen LogP contribution in [0.4, 0.5) is 0 Å². The molecule has 0 fully saturated rings. The molecule has 7 heteroatoms. The van der Waals surface area contributed by atoms with Crippen LogP contribution in [-0.4, -0.2) is 30.0 Å². The van der Waals surface area contributed by atoms with E-state index in [4.69, 9.17) is 24.7 Å². The maximum Gasteiger partial charge on any atom is 0.266 e. The van der Waals surface area contributed by atoms with Gasteiger partial charge in [0.2, 0.25) is 6.79 Å². The molecular weight excluding hydrogens is 314 g/mol. The van der Waals surface area contributed by atoms with Crippen LogP contribution in [0.25, 0.3) is 0 Å². The minimum absolute atomic E-state index is 0.00585. The van der Waals surface area contributed by atoms with Crippen molar-refractivity contribution in [1.29, 1.82) is 0 Å². The summed E-state index contributed by atoms with van der Waals surface area (Å²) in [5, 5.41) is 20.8. The molecule has 24 heavy (non-hydrogen) atoms. The molecule has 2 aromatic carbocycles. The maximum absolute atomic E-state index is 10.5. The number of fused-ring (bicyclic) bond motifs is 2. The SMILES string of the molecule is COc1cccc(C2CC(N)(O)Oc3cc4c(cc32)OCO4)c1O. The Balaban J connectivity index is 1.88. The van der Waals surface area contributed by atoms with Gasteiger partial charge in [-0.1, -0.05) is 12.1 Å². The fraction of sp³-hybridized carbons (Fsp3) is 0.294. The van der Waals surface area contributed by atoms with Gasteiger partial charge in [-0.2, -0.15) is 0 Å². The minimum atomic E-state index is -1.86. The van der Waals surface area contributed by atoms with Crippen molar-refractivity contribution >= 4 is 0 Å². The van der Waals surface area contributed by atoms with Gasteiger partial charge in [0.15, 0.2) is 23.0 Å². The van der Waals surface area contributed by atoms with Crippen LogP contribution in [0.3, 0.4) is 0 Å². The topological polar surface area (TPSA) is 103 Å². The fourth-order valence-corrected chi connectivity index (χ4v) is 3.20. The first-order valence-electron chi connectivity index (χ1n) is 7.48. The van der Waals surface area contributed by atoms with Crippen molar-refractivity contribution in [3.05, 3.63) is 41.5 Å². The summed E-state index contributed by atoms with van der Waals surface area (Å²) in [4.78, 5) is 0. The predicted molar refractivity (Wildman–Crippen MR) is 83.4 cm³/mol. The second kappa shape index (κ2) is 5.19. The van der Waals surface area contributed by atoms with Crippen LogP contribution in [0.1, 0.15) is 23.5 Å². The number of hydrogen-bond donors (Lipinski definition) is 3. The Kier molecular flexibility index (Phi) is 3.22. The molecule has 7 nitrogen and oxygen atoms in total. The van der Waals surface area contributed by atoms with E-state index >= 15 is 0 Å². The highest BCUT2D eigenvalue weighted by atomic mass is 16.7. The van der Waals surface area contributed by atoms with Gasteiger partial charge in [0.1, 0.15) is 5.75 Å². The Morgan fingerprint density at radius 1 is 1.17 bits per heavy atom. The van der Waals surface area contributed by atoms with Crippen LogP contribution in [0.15, 0.2) is 30.3 Å². The third kappa shape index (κ3) is 2.29. The Labute approximate surface area is 138 Å². The van der Waals surface area contributed by atoms with Gasteiger partial charge in [-0.25, -0.2) is 0 Å². The molecule has 0 radical (unpaired) electrons. The lowest BCUT2D eigenvalue weighted by molar-refractivity contribution is -0.148. The summed E-state index contributed by atoms with van der Waals surface area (Å²) in [5.41, 5.74) is 7.17. The third-order valence-corrected chi connectivity index (χ3v) is 4.29. The van der Waals surface area contributed by atoms with Crippen LogP contribution in [-0.2, 0) is 0 Å². The molecule has 2 aliphatic rings. The zero-order valence-electron chi connectivity index (χ0n) is 13.0. The monoisotopic (exact) mass is 331 g/mol. The lowest BCUT2D eigenvalue weighted by atomic mass is 9.84. The number of hydrogen-bond acceptors (Lipinski definition) is 7. The number of nitrogens with two attached hydrogens (primary N) is 1. The summed E-state index contributed by atoms with van der Waals surface area (Å²) < 4.78 is 21.4. The number of methoxy groups -OCH3 is 1.